The summed E-state index contributed by atoms with van der Waals surface area (Å²) in [4.78, 5) is 52.6. The highest BCUT2D eigenvalue weighted by Crippen LogP contribution is 2.35. The van der Waals surface area contributed by atoms with Gasteiger partial charge in [0, 0.05) is 45.3 Å². The molecule has 0 bridgehead atoms. The van der Waals surface area contributed by atoms with E-state index in [0.717, 1.165) is 70.3 Å². The molecule has 0 radical (unpaired) electrons. The summed E-state index contributed by atoms with van der Waals surface area (Å²) in [5.41, 5.74) is 1.89. The Bertz CT molecular complexity index is 936. The first-order valence-corrected chi connectivity index (χ1v) is 13.9. The summed E-state index contributed by atoms with van der Waals surface area (Å²) in [6.07, 6.45) is 8.64. The number of thioether (sulfide) groups is 1. The molecule has 9 nitrogen and oxygen atoms in total. The Labute approximate surface area is 217 Å². The van der Waals surface area contributed by atoms with Crippen molar-refractivity contribution in [2.75, 3.05) is 39.3 Å². The van der Waals surface area contributed by atoms with Crippen molar-refractivity contribution in [3.05, 3.63) is 23.2 Å². The summed E-state index contributed by atoms with van der Waals surface area (Å²) in [5, 5.41) is 17.5. The Balaban J connectivity index is 0.000000201. The lowest BCUT2D eigenvalue weighted by atomic mass is 10.0. The Hall–Kier alpha value is -2.49. The number of ketones is 2. The molecule has 0 aromatic heterocycles. The maximum Gasteiger partial charge on any atom is 0.319 e. The van der Waals surface area contributed by atoms with Gasteiger partial charge in [-0.1, -0.05) is 45.4 Å². The van der Waals surface area contributed by atoms with Gasteiger partial charge in [0.15, 0.2) is 0 Å². The van der Waals surface area contributed by atoms with Crippen LogP contribution < -0.4 is 0 Å². The normalized spacial score (nSPS) is 20.9. The Morgan fingerprint density at radius 3 is 1.94 bits per heavy atom. The van der Waals surface area contributed by atoms with Crippen LogP contribution in [0.5, 0.6) is 0 Å². The molecule has 0 spiro atoms. The lowest BCUT2D eigenvalue weighted by Gasteiger charge is -2.26. The van der Waals surface area contributed by atoms with E-state index in [4.69, 9.17) is 5.11 Å². The molecule has 0 saturated carbocycles. The first kappa shape index (κ1) is 28.1. The third-order valence-electron chi connectivity index (χ3n) is 6.73. The van der Waals surface area contributed by atoms with Crippen molar-refractivity contribution < 1.29 is 29.4 Å². The number of unbranched alkanes of at least 4 members (excludes halogenated alkanes) is 5. The summed E-state index contributed by atoms with van der Waals surface area (Å²) >= 11 is 1.03. The zero-order valence-electron chi connectivity index (χ0n) is 21.6. The second-order valence-corrected chi connectivity index (χ2v) is 11.9. The van der Waals surface area contributed by atoms with Gasteiger partial charge in [0.2, 0.25) is 11.6 Å². The second-order valence-electron chi connectivity index (χ2n) is 10.0. The number of carboxylic acid groups (broad SMARTS) is 2. The number of aliphatic carboxylic acids is 2. The molecule has 2 N–H and O–H groups in total. The lowest BCUT2D eigenvalue weighted by Crippen LogP contribution is -2.35. The van der Waals surface area contributed by atoms with Crippen molar-refractivity contribution in [2.45, 2.75) is 75.7 Å². The van der Waals surface area contributed by atoms with Crippen LogP contribution in [0.4, 0.5) is 0 Å². The fourth-order valence-electron chi connectivity index (χ4n) is 4.18. The predicted molar refractivity (Wildman–Crippen MR) is 139 cm³/mol. The number of hydrogen-bond acceptors (Lipinski definition) is 8. The Kier molecular flexibility index (Phi) is 9.49. The first-order valence-electron chi connectivity index (χ1n) is 13.0. The Morgan fingerprint density at radius 2 is 1.44 bits per heavy atom. The molecule has 2 unspecified atom stereocenters. The van der Waals surface area contributed by atoms with Gasteiger partial charge >= 0.3 is 11.9 Å². The molecular weight excluding hydrogens is 482 g/mol. The van der Waals surface area contributed by atoms with Crippen molar-refractivity contribution in [1.82, 2.24) is 14.7 Å². The van der Waals surface area contributed by atoms with Gasteiger partial charge in [0.25, 0.3) is 0 Å². The van der Waals surface area contributed by atoms with Crippen molar-refractivity contribution in [3.63, 3.8) is 0 Å². The van der Waals surface area contributed by atoms with Gasteiger partial charge in [0.1, 0.15) is 21.4 Å². The van der Waals surface area contributed by atoms with E-state index >= 15 is 0 Å². The van der Waals surface area contributed by atoms with Crippen molar-refractivity contribution >= 4 is 35.3 Å². The van der Waals surface area contributed by atoms with Gasteiger partial charge in [-0.05, 0) is 20.3 Å². The summed E-state index contributed by atoms with van der Waals surface area (Å²) in [6.45, 7) is 10.7. The fraction of sp³-hybridized carbons (Fsp3) is 0.692. The molecule has 3 saturated heterocycles. The number of carbonyl (C=O) groups excluding carboxylic acids is 2. The smallest absolute Gasteiger partial charge is 0.319 e. The largest absolute Gasteiger partial charge is 0.480 e. The summed E-state index contributed by atoms with van der Waals surface area (Å²) in [7, 11) is 0. The zero-order valence-corrected chi connectivity index (χ0v) is 22.4. The SMILES string of the molecule is CCCCCCCCC(C)(SC(C)C(=O)O)C(=O)O.O=C1C=C(N2CC2)C(=O)C(N2CC2)=C1N1CC1. The van der Waals surface area contributed by atoms with E-state index < -0.39 is 21.9 Å². The molecule has 3 aliphatic heterocycles. The highest BCUT2D eigenvalue weighted by Gasteiger charge is 2.43. The molecule has 200 valence electrons. The summed E-state index contributed by atoms with van der Waals surface area (Å²) in [6, 6.07) is 0. The van der Waals surface area contributed by atoms with E-state index in [0.29, 0.717) is 23.5 Å². The van der Waals surface area contributed by atoms with Crippen LogP contribution in [0.2, 0.25) is 0 Å². The average molecular weight is 522 g/mol. The van der Waals surface area contributed by atoms with Crippen LogP contribution in [0, 0.1) is 0 Å². The minimum Gasteiger partial charge on any atom is -0.480 e. The van der Waals surface area contributed by atoms with E-state index in [-0.39, 0.29) is 11.6 Å². The molecule has 4 rings (SSSR count). The fourth-order valence-corrected chi connectivity index (χ4v) is 5.42. The average Bonchev–Trinajstić information content (AvgIpc) is 3.67. The van der Waals surface area contributed by atoms with E-state index in [1.54, 1.807) is 6.92 Å². The number of nitrogens with zero attached hydrogens (tertiary/aromatic N) is 3. The number of carboxylic acids is 2. The minimum atomic E-state index is -0.997. The van der Waals surface area contributed by atoms with Crippen LogP contribution >= 0.6 is 11.8 Å². The molecule has 0 amide bonds. The first-order chi connectivity index (χ1) is 17.1. The second kappa shape index (κ2) is 12.2. The predicted octanol–water partition coefficient (Wildman–Crippen LogP) is 2.97. The lowest BCUT2D eigenvalue weighted by molar-refractivity contribution is -0.139. The highest BCUT2D eigenvalue weighted by atomic mass is 32.2. The topological polar surface area (TPSA) is 118 Å². The molecule has 2 atom stereocenters. The van der Waals surface area contributed by atoms with Crippen LogP contribution in [-0.2, 0) is 19.2 Å². The molecule has 36 heavy (non-hydrogen) atoms. The van der Waals surface area contributed by atoms with Gasteiger partial charge in [-0.25, -0.2) is 0 Å². The van der Waals surface area contributed by atoms with E-state index in [1.165, 1.54) is 32.3 Å². The summed E-state index contributed by atoms with van der Waals surface area (Å²) < 4.78 is -0.997. The van der Waals surface area contributed by atoms with Crippen molar-refractivity contribution in [2.24, 2.45) is 0 Å². The standard InChI is InChI=1S/C14H26O4S.C12H13N3O2/c1-4-5-6-7-8-9-10-14(3,13(17)18)19-11(2)12(15)16;16-9-7-8(13-1-2-13)12(17)11(15-5-6-15)10(9)14-3-4-14/h11H,4-10H2,1-3H3,(H,15,16)(H,17,18);7H,1-6H2. The quantitative estimate of drug-likeness (QED) is 0.201. The molecule has 3 fully saturated rings. The summed E-state index contributed by atoms with van der Waals surface area (Å²) in [5.74, 6) is -1.83. The monoisotopic (exact) mass is 521 g/mol. The minimum absolute atomic E-state index is 0.00546. The van der Waals surface area contributed by atoms with Gasteiger partial charge in [-0.15, -0.1) is 11.8 Å². The van der Waals surface area contributed by atoms with Crippen molar-refractivity contribution in [3.8, 4) is 0 Å². The highest BCUT2D eigenvalue weighted by molar-refractivity contribution is 8.02. The van der Waals surface area contributed by atoms with Crippen LogP contribution in [-0.4, -0.2) is 97.7 Å². The van der Waals surface area contributed by atoms with Gasteiger partial charge in [0.05, 0.1) is 5.70 Å². The molecular formula is C26H39N3O6S. The number of carbonyl (C=O) groups is 4. The molecule has 4 aliphatic rings. The third kappa shape index (κ3) is 7.51. The molecule has 1 aliphatic carbocycles. The number of hydrogen-bond donors (Lipinski definition) is 2. The maximum atomic E-state index is 12.4. The maximum absolute atomic E-state index is 12.4. The van der Waals surface area contributed by atoms with E-state index in [9.17, 15) is 24.3 Å². The molecule has 3 heterocycles. The molecule has 0 aromatic rings. The Morgan fingerprint density at radius 1 is 0.917 bits per heavy atom. The zero-order chi connectivity index (χ0) is 26.5. The number of Topliss-reactive ketones (excluding diaryl/α,β-unsaturated/α-hetero) is 1. The van der Waals surface area contributed by atoms with Crippen LogP contribution in [0.3, 0.4) is 0 Å². The third-order valence-corrected chi connectivity index (χ3v) is 8.19. The van der Waals surface area contributed by atoms with Crippen LogP contribution in [0.1, 0.15) is 65.7 Å². The van der Waals surface area contributed by atoms with E-state index in [2.05, 4.69) is 6.92 Å². The van der Waals surface area contributed by atoms with E-state index in [1.807, 2.05) is 14.7 Å². The van der Waals surface area contributed by atoms with Gasteiger partial charge < -0.3 is 24.9 Å². The van der Waals surface area contributed by atoms with Gasteiger partial charge in [-0.3, -0.25) is 19.2 Å². The molecule has 0 aromatic carbocycles. The van der Waals surface area contributed by atoms with Gasteiger partial charge in [-0.2, -0.15) is 0 Å². The van der Waals surface area contributed by atoms with Crippen molar-refractivity contribution in [1.29, 1.82) is 0 Å². The number of allylic oxidation sites excluding steroid dienone is 1. The van der Waals surface area contributed by atoms with Crippen LogP contribution in [0.25, 0.3) is 0 Å². The van der Waals surface area contributed by atoms with Crippen LogP contribution in [0.15, 0.2) is 23.2 Å². The molecule has 10 heteroatoms. The number of rotatable bonds is 14.